The minimum atomic E-state index is -1.33. The monoisotopic (exact) mass is 526 g/mol. The van der Waals surface area contributed by atoms with Gasteiger partial charge in [-0.05, 0) is 50.6 Å². The molecule has 0 aliphatic rings. The average molecular weight is 527 g/mol. The number of hydrogen-bond donors (Lipinski definition) is 0. The van der Waals surface area contributed by atoms with E-state index in [9.17, 15) is 0 Å². The molecule has 0 aliphatic heterocycles. The van der Waals surface area contributed by atoms with E-state index in [1.165, 1.54) is 54.9 Å². The van der Waals surface area contributed by atoms with Gasteiger partial charge in [-0.3, -0.25) is 0 Å². The lowest BCUT2D eigenvalue weighted by Crippen LogP contribution is -2.37. The largest absolute Gasteiger partial charge is 0.0776 e. The summed E-state index contributed by atoms with van der Waals surface area (Å²) in [5, 5.41) is 3.00. The van der Waals surface area contributed by atoms with Crippen molar-refractivity contribution in [3.63, 3.8) is 0 Å². The van der Waals surface area contributed by atoms with Crippen molar-refractivity contribution >= 4 is 26.5 Å². The zero-order valence-electron chi connectivity index (χ0n) is 23.5. The topological polar surface area (TPSA) is 0 Å². The highest BCUT2D eigenvalue weighted by Gasteiger charge is 2.17. The second-order valence-electron chi connectivity index (χ2n) is 12.4. The maximum atomic E-state index is 2.40. The molecule has 0 fully saturated rings. The molecule has 0 heterocycles. The van der Waals surface area contributed by atoms with Crippen molar-refractivity contribution in [3.05, 3.63) is 121 Å². The Morgan fingerprint density at radius 3 is 0.842 bits per heavy atom. The molecule has 0 N–H and O–H groups in total. The Morgan fingerprint density at radius 2 is 0.553 bits per heavy atom. The molecule has 0 spiro atoms. The van der Waals surface area contributed by atoms with Crippen LogP contribution in [0.1, 0.15) is 0 Å². The molecule has 0 aliphatic carbocycles. The van der Waals surface area contributed by atoms with Gasteiger partial charge in [-0.25, -0.2) is 0 Å². The van der Waals surface area contributed by atoms with E-state index in [1.807, 2.05) is 0 Å². The summed E-state index contributed by atoms with van der Waals surface area (Å²) in [6.07, 6.45) is 0. The highest BCUT2D eigenvalue weighted by atomic mass is 28.3. The van der Waals surface area contributed by atoms with Gasteiger partial charge in [0.2, 0.25) is 0 Å². The Labute approximate surface area is 231 Å². The zero-order valence-corrected chi connectivity index (χ0v) is 25.5. The fraction of sp³-hybridized carbons (Fsp3) is 0.167. The molecule has 38 heavy (non-hydrogen) atoms. The predicted octanol–water partition coefficient (Wildman–Crippen LogP) is 9.44. The van der Waals surface area contributed by atoms with Gasteiger partial charge in [0.05, 0.1) is 16.1 Å². The van der Waals surface area contributed by atoms with Crippen LogP contribution in [0.5, 0.6) is 0 Å². The van der Waals surface area contributed by atoms with Gasteiger partial charge in [0, 0.05) is 0 Å². The van der Waals surface area contributed by atoms with E-state index in [0.717, 1.165) is 0 Å². The lowest BCUT2D eigenvalue weighted by atomic mass is 9.96. The molecular formula is C36H38Si2. The summed E-state index contributed by atoms with van der Waals surface area (Å²) < 4.78 is 0. The summed E-state index contributed by atoms with van der Waals surface area (Å²) in [4.78, 5) is 0. The maximum Gasteiger partial charge on any atom is 0.0776 e. The summed E-state index contributed by atoms with van der Waals surface area (Å²) in [5.74, 6) is 0. The van der Waals surface area contributed by atoms with Crippen LogP contribution in [0, 0.1) is 0 Å². The second-order valence-corrected chi connectivity index (χ2v) is 22.6. The Kier molecular flexibility index (Phi) is 7.13. The molecule has 5 aromatic carbocycles. The van der Waals surface area contributed by atoms with Gasteiger partial charge in [-0.1, -0.05) is 165 Å². The normalized spacial score (nSPS) is 11.9. The van der Waals surface area contributed by atoms with Gasteiger partial charge in [0.15, 0.2) is 0 Å². The van der Waals surface area contributed by atoms with Gasteiger partial charge in [-0.2, -0.15) is 0 Å². The fourth-order valence-electron chi connectivity index (χ4n) is 4.92. The van der Waals surface area contributed by atoms with Crippen molar-refractivity contribution in [3.8, 4) is 44.5 Å². The highest BCUT2D eigenvalue weighted by molar-refractivity contribution is 6.89. The molecule has 0 unspecified atom stereocenters. The summed E-state index contributed by atoms with van der Waals surface area (Å²) in [5.41, 5.74) is 10.2. The van der Waals surface area contributed by atoms with Gasteiger partial charge in [0.25, 0.3) is 0 Å². The molecule has 5 rings (SSSR count). The summed E-state index contributed by atoms with van der Waals surface area (Å²) in [6, 6.07) is 45.1. The molecular weight excluding hydrogens is 489 g/mol. The summed E-state index contributed by atoms with van der Waals surface area (Å²) in [7, 11) is -2.66. The van der Waals surface area contributed by atoms with E-state index < -0.39 is 16.1 Å². The van der Waals surface area contributed by atoms with Crippen LogP contribution < -0.4 is 10.4 Å². The zero-order chi connectivity index (χ0) is 26.9. The Bertz CT molecular complexity index is 1430. The molecule has 0 bridgehead atoms. The van der Waals surface area contributed by atoms with E-state index in [2.05, 4.69) is 161 Å². The molecule has 0 saturated carbocycles. The van der Waals surface area contributed by atoms with Crippen molar-refractivity contribution < 1.29 is 0 Å². The molecule has 0 nitrogen and oxygen atoms in total. The molecule has 0 radical (unpaired) electrons. The highest BCUT2D eigenvalue weighted by Crippen LogP contribution is 2.30. The van der Waals surface area contributed by atoms with E-state index in [1.54, 1.807) is 0 Å². The van der Waals surface area contributed by atoms with Crippen molar-refractivity contribution in [2.75, 3.05) is 0 Å². The van der Waals surface area contributed by atoms with Gasteiger partial charge in [0.1, 0.15) is 0 Å². The summed E-state index contributed by atoms with van der Waals surface area (Å²) in [6.45, 7) is 14.4. The third-order valence-electron chi connectivity index (χ3n) is 7.42. The first-order valence-corrected chi connectivity index (χ1v) is 20.6. The van der Waals surface area contributed by atoms with Crippen LogP contribution in [-0.2, 0) is 0 Å². The van der Waals surface area contributed by atoms with E-state index in [-0.39, 0.29) is 0 Å². The molecule has 190 valence electrons. The lowest BCUT2D eigenvalue weighted by molar-refractivity contribution is 1.57. The van der Waals surface area contributed by atoms with Crippen molar-refractivity contribution in [2.45, 2.75) is 39.3 Å². The number of benzene rings is 5. The fourth-order valence-corrected chi connectivity index (χ4v) is 7.29. The van der Waals surface area contributed by atoms with Crippen molar-refractivity contribution in [1.29, 1.82) is 0 Å². The van der Waals surface area contributed by atoms with Crippen LogP contribution >= 0.6 is 0 Å². The van der Waals surface area contributed by atoms with E-state index in [4.69, 9.17) is 0 Å². The number of hydrogen-bond acceptors (Lipinski definition) is 0. The Morgan fingerprint density at radius 1 is 0.289 bits per heavy atom. The van der Waals surface area contributed by atoms with Gasteiger partial charge in [-0.15, -0.1) is 0 Å². The first-order chi connectivity index (χ1) is 18.1. The molecule has 0 atom stereocenters. The van der Waals surface area contributed by atoms with Crippen LogP contribution in [-0.4, -0.2) is 16.1 Å². The molecule has 0 amide bonds. The standard InChI is InChI=1S/C36H38Si2/c1-37(2,3)35-14-8-12-33(25-35)29-20-16-27(17-21-29)31-10-7-11-32(24-31)28-18-22-30(23-19-28)34-13-9-15-36(26-34)38(4,5)6/h7-26H,1-6H3. The van der Waals surface area contributed by atoms with E-state index in [0.29, 0.717) is 0 Å². The van der Waals surface area contributed by atoms with Crippen LogP contribution in [0.2, 0.25) is 39.3 Å². The smallest absolute Gasteiger partial charge is 0.0656 e. The Balaban J connectivity index is 1.38. The second kappa shape index (κ2) is 10.4. The maximum absolute atomic E-state index is 2.40. The Hall–Kier alpha value is -3.47. The molecule has 2 heteroatoms. The average Bonchev–Trinajstić information content (AvgIpc) is 2.93. The lowest BCUT2D eigenvalue weighted by Gasteiger charge is -2.17. The van der Waals surface area contributed by atoms with Gasteiger partial charge >= 0.3 is 0 Å². The van der Waals surface area contributed by atoms with Crippen LogP contribution in [0.3, 0.4) is 0 Å². The van der Waals surface area contributed by atoms with Gasteiger partial charge < -0.3 is 0 Å². The third-order valence-corrected chi connectivity index (χ3v) is 11.5. The van der Waals surface area contributed by atoms with E-state index >= 15 is 0 Å². The van der Waals surface area contributed by atoms with Crippen LogP contribution in [0.25, 0.3) is 44.5 Å². The first kappa shape index (κ1) is 26.2. The molecule has 0 saturated heterocycles. The summed E-state index contributed by atoms with van der Waals surface area (Å²) >= 11 is 0. The first-order valence-electron chi connectivity index (χ1n) is 13.6. The molecule has 0 aromatic heterocycles. The van der Waals surface area contributed by atoms with Crippen LogP contribution in [0.4, 0.5) is 0 Å². The minimum Gasteiger partial charge on any atom is -0.0656 e. The third kappa shape index (κ3) is 5.82. The SMILES string of the molecule is C[Si](C)(C)c1cccc(-c2ccc(-c3cccc(-c4ccc(-c5cccc([Si](C)(C)C)c5)cc4)c3)cc2)c1. The predicted molar refractivity (Wildman–Crippen MR) is 174 cm³/mol. The van der Waals surface area contributed by atoms with Crippen molar-refractivity contribution in [1.82, 2.24) is 0 Å². The quantitative estimate of drug-likeness (QED) is 0.193. The van der Waals surface area contributed by atoms with Crippen molar-refractivity contribution in [2.24, 2.45) is 0 Å². The van der Waals surface area contributed by atoms with Crippen LogP contribution in [0.15, 0.2) is 121 Å². The number of rotatable bonds is 6. The minimum absolute atomic E-state index is 1.25. The molecule has 5 aromatic rings.